The Balaban J connectivity index is 2.89. The van der Waals surface area contributed by atoms with E-state index in [1.54, 1.807) is 4.68 Å². The van der Waals surface area contributed by atoms with Crippen molar-refractivity contribution in [3.05, 3.63) is 17.5 Å². The molecule has 1 heterocycles. The molecule has 108 valence electrons. The van der Waals surface area contributed by atoms with Crippen molar-refractivity contribution in [2.24, 2.45) is 7.05 Å². The Morgan fingerprint density at radius 3 is 2.37 bits per heavy atom. The van der Waals surface area contributed by atoms with Gasteiger partial charge in [0.05, 0.1) is 12.1 Å². The van der Waals surface area contributed by atoms with Crippen LogP contribution in [0, 0.1) is 0 Å². The molecule has 0 atom stereocenters. The van der Waals surface area contributed by atoms with Crippen LogP contribution < -0.4 is 0 Å². The van der Waals surface area contributed by atoms with Crippen molar-refractivity contribution in [3.63, 3.8) is 0 Å². The largest absolute Gasteiger partial charge is 0.368 e. The molecular weight excluding hydrogens is 240 g/mol. The molecule has 0 aliphatic heterocycles. The fourth-order valence-corrected chi connectivity index (χ4v) is 2.44. The lowest BCUT2D eigenvalue weighted by Gasteiger charge is -2.29. The number of hydrogen-bond donors (Lipinski definition) is 0. The SMILES string of the molecule is CCOC(CC)(CC)C(=O)Cc1cc(CC)nn1C. The zero-order chi connectivity index (χ0) is 14.5. The molecule has 0 N–H and O–H groups in total. The van der Waals surface area contributed by atoms with Crippen molar-refractivity contribution >= 4 is 5.78 Å². The summed E-state index contributed by atoms with van der Waals surface area (Å²) < 4.78 is 7.56. The summed E-state index contributed by atoms with van der Waals surface area (Å²) in [6.45, 7) is 8.59. The summed E-state index contributed by atoms with van der Waals surface area (Å²) in [5, 5.41) is 4.39. The van der Waals surface area contributed by atoms with E-state index in [9.17, 15) is 4.79 Å². The van der Waals surface area contributed by atoms with E-state index in [4.69, 9.17) is 4.74 Å². The topological polar surface area (TPSA) is 44.1 Å². The van der Waals surface area contributed by atoms with Gasteiger partial charge in [-0.15, -0.1) is 0 Å². The molecule has 1 aromatic rings. The van der Waals surface area contributed by atoms with Crippen LogP contribution in [0.1, 0.15) is 51.9 Å². The molecule has 4 heteroatoms. The van der Waals surface area contributed by atoms with E-state index in [-0.39, 0.29) is 5.78 Å². The molecular formula is C15H26N2O2. The second-order valence-corrected chi connectivity index (χ2v) is 4.84. The molecule has 0 aliphatic carbocycles. The maximum atomic E-state index is 12.6. The minimum atomic E-state index is -0.634. The van der Waals surface area contributed by atoms with E-state index in [0.717, 1.165) is 17.8 Å². The van der Waals surface area contributed by atoms with Gasteiger partial charge in [0.25, 0.3) is 0 Å². The first kappa shape index (κ1) is 15.9. The molecule has 4 nitrogen and oxygen atoms in total. The van der Waals surface area contributed by atoms with Gasteiger partial charge in [0.2, 0.25) is 0 Å². The molecule has 1 aromatic heterocycles. The Hall–Kier alpha value is -1.16. The molecule has 0 fully saturated rings. The van der Waals surface area contributed by atoms with Crippen molar-refractivity contribution in [3.8, 4) is 0 Å². The molecule has 0 bridgehead atoms. The first-order valence-corrected chi connectivity index (χ1v) is 7.21. The van der Waals surface area contributed by atoms with E-state index in [1.165, 1.54) is 0 Å². The molecule has 0 aliphatic rings. The quantitative estimate of drug-likeness (QED) is 0.726. The lowest BCUT2D eigenvalue weighted by molar-refractivity contribution is -0.144. The molecule has 0 saturated heterocycles. The van der Waals surface area contributed by atoms with E-state index in [2.05, 4.69) is 12.0 Å². The number of ether oxygens (including phenoxy) is 1. The van der Waals surface area contributed by atoms with Crippen molar-refractivity contribution in [1.29, 1.82) is 0 Å². The van der Waals surface area contributed by atoms with E-state index >= 15 is 0 Å². The molecule has 0 unspecified atom stereocenters. The molecule has 0 saturated carbocycles. The van der Waals surface area contributed by atoms with Crippen molar-refractivity contribution in [2.75, 3.05) is 6.61 Å². The highest BCUT2D eigenvalue weighted by molar-refractivity contribution is 5.88. The zero-order valence-electron chi connectivity index (χ0n) is 12.8. The Morgan fingerprint density at radius 2 is 1.95 bits per heavy atom. The number of ketones is 1. The number of hydrogen-bond acceptors (Lipinski definition) is 3. The van der Waals surface area contributed by atoms with Crippen molar-refractivity contribution < 1.29 is 9.53 Å². The van der Waals surface area contributed by atoms with Crippen LogP contribution in [0.3, 0.4) is 0 Å². The van der Waals surface area contributed by atoms with Crippen LogP contribution in [-0.4, -0.2) is 27.8 Å². The summed E-state index contributed by atoms with van der Waals surface area (Å²) in [7, 11) is 1.89. The minimum absolute atomic E-state index is 0.157. The first-order valence-electron chi connectivity index (χ1n) is 7.21. The van der Waals surface area contributed by atoms with Gasteiger partial charge in [0.1, 0.15) is 5.60 Å². The number of aryl methyl sites for hydroxylation is 2. The Kier molecular flexibility index (Phi) is 5.73. The van der Waals surface area contributed by atoms with E-state index in [0.29, 0.717) is 25.9 Å². The van der Waals surface area contributed by atoms with Gasteiger partial charge in [-0.2, -0.15) is 5.10 Å². The van der Waals surface area contributed by atoms with Gasteiger partial charge in [-0.1, -0.05) is 20.8 Å². The van der Waals surface area contributed by atoms with Gasteiger partial charge in [-0.05, 0) is 32.3 Å². The highest BCUT2D eigenvalue weighted by Gasteiger charge is 2.35. The van der Waals surface area contributed by atoms with E-state index < -0.39 is 5.60 Å². The monoisotopic (exact) mass is 266 g/mol. The number of aromatic nitrogens is 2. The minimum Gasteiger partial charge on any atom is -0.368 e. The highest BCUT2D eigenvalue weighted by Crippen LogP contribution is 2.24. The van der Waals surface area contributed by atoms with Crippen LogP contribution in [0.5, 0.6) is 0 Å². The van der Waals surface area contributed by atoms with Crippen LogP contribution >= 0.6 is 0 Å². The number of rotatable bonds is 8. The van der Waals surface area contributed by atoms with Crippen LogP contribution in [0.15, 0.2) is 6.07 Å². The van der Waals surface area contributed by atoms with Gasteiger partial charge in [-0.25, -0.2) is 0 Å². The van der Waals surface area contributed by atoms with E-state index in [1.807, 2.05) is 33.9 Å². The molecule has 19 heavy (non-hydrogen) atoms. The van der Waals surface area contributed by atoms with Crippen molar-refractivity contribution in [1.82, 2.24) is 9.78 Å². The van der Waals surface area contributed by atoms with Gasteiger partial charge < -0.3 is 4.74 Å². The molecule has 0 spiro atoms. The second-order valence-electron chi connectivity index (χ2n) is 4.84. The fraction of sp³-hybridized carbons (Fsp3) is 0.733. The fourth-order valence-electron chi connectivity index (χ4n) is 2.44. The standard InChI is InChI=1S/C15H26N2O2/c1-6-12-10-13(17(5)16-12)11-14(18)15(7-2,8-3)19-9-4/h10H,6-9,11H2,1-5H3. The van der Waals surface area contributed by atoms with Crippen LogP contribution in [-0.2, 0) is 29.4 Å². The summed E-state index contributed by atoms with van der Waals surface area (Å²) in [6.07, 6.45) is 2.72. The first-order chi connectivity index (χ1) is 9.02. The summed E-state index contributed by atoms with van der Waals surface area (Å²) in [5.41, 5.74) is 1.36. The van der Waals surface area contributed by atoms with Gasteiger partial charge >= 0.3 is 0 Å². The summed E-state index contributed by atoms with van der Waals surface area (Å²) in [5.74, 6) is 0.157. The molecule has 1 rings (SSSR count). The van der Waals surface area contributed by atoms with Gasteiger partial charge in [0.15, 0.2) is 5.78 Å². The van der Waals surface area contributed by atoms with Crippen LogP contribution in [0.2, 0.25) is 0 Å². The normalized spacial score (nSPS) is 11.8. The third-order valence-corrected chi connectivity index (χ3v) is 3.80. The van der Waals surface area contributed by atoms with Gasteiger partial charge in [-0.3, -0.25) is 9.48 Å². The van der Waals surface area contributed by atoms with Gasteiger partial charge in [0, 0.05) is 19.3 Å². The number of carbonyl (C=O) groups is 1. The third-order valence-electron chi connectivity index (χ3n) is 3.80. The number of Topliss-reactive ketones (excluding diaryl/α,β-unsaturated/α-hetero) is 1. The zero-order valence-corrected chi connectivity index (χ0v) is 12.8. The maximum Gasteiger partial charge on any atom is 0.170 e. The van der Waals surface area contributed by atoms with Crippen molar-refractivity contribution in [2.45, 2.75) is 59.0 Å². The average molecular weight is 266 g/mol. The molecule has 0 aromatic carbocycles. The second kappa shape index (κ2) is 6.85. The third kappa shape index (κ3) is 3.44. The van der Waals surface area contributed by atoms with Crippen LogP contribution in [0.25, 0.3) is 0 Å². The Bertz CT molecular complexity index is 420. The number of nitrogens with zero attached hydrogens (tertiary/aromatic N) is 2. The Morgan fingerprint density at radius 1 is 1.32 bits per heavy atom. The number of carbonyl (C=O) groups excluding carboxylic acids is 1. The summed E-state index contributed by atoms with van der Waals surface area (Å²) in [6, 6.07) is 2.01. The summed E-state index contributed by atoms with van der Waals surface area (Å²) >= 11 is 0. The predicted octanol–water partition coefficient (Wildman–Crippen LogP) is 2.69. The lowest BCUT2D eigenvalue weighted by atomic mass is 9.89. The maximum absolute atomic E-state index is 12.6. The average Bonchev–Trinajstić information content (AvgIpc) is 2.76. The highest BCUT2D eigenvalue weighted by atomic mass is 16.5. The lowest BCUT2D eigenvalue weighted by Crippen LogP contribution is -2.41. The van der Waals surface area contributed by atoms with Crippen LogP contribution in [0.4, 0.5) is 0 Å². The predicted molar refractivity (Wildman–Crippen MR) is 76.2 cm³/mol. The molecule has 0 radical (unpaired) electrons. The molecule has 0 amide bonds. The smallest absolute Gasteiger partial charge is 0.170 e. The summed E-state index contributed by atoms with van der Waals surface area (Å²) in [4.78, 5) is 12.6. The Labute approximate surface area is 116 Å².